The summed E-state index contributed by atoms with van der Waals surface area (Å²) in [5.41, 5.74) is 0. The van der Waals surface area contributed by atoms with E-state index < -0.39 is 5.97 Å². The van der Waals surface area contributed by atoms with Crippen LogP contribution >= 0.6 is 0 Å². The monoisotopic (exact) mass is 366 g/mol. The number of carbonyl (C=O) groups excluding carboxylic acids is 1. The van der Waals surface area contributed by atoms with Crippen molar-refractivity contribution in [3.63, 3.8) is 0 Å². The topological polar surface area (TPSA) is 79.3 Å². The van der Waals surface area contributed by atoms with Crippen molar-refractivity contribution in [3.8, 4) is 5.75 Å². The van der Waals surface area contributed by atoms with Crippen molar-refractivity contribution in [2.24, 2.45) is 0 Å². The lowest BCUT2D eigenvalue weighted by Crippen LogP contribution is -2.55. The van der Waals surface area contributed by atoms with Crippen molar-refractivity contribution in [1.29, 1.82) is 0 Å². The minimum Gasteiger partial charge on any atom is -0.491 e. The van der Waals surface area contributed by atoms with E-state index in [0.717, 1.165) is 12.8 Å². The molecule has 8 heteroatoms. The normalized spacial score (nSPS) is 22.4. The van der Waals surface area contributed by atoms with E-state index in [-0.39, 0.29) is 43.6 Å². The number of aliphatic carboxylic acids is 1. The van der Waals surface area contributed by atoms with Crippen LogP contribution in [0, 0.1) is 5.82 Å². The van der Waals surface area contributed by atoms with Gasteiger partial charge < -0.3 is 19.5 Å². The lowest BCUT2D eigenvalue weighted by atomic mass is 10.0. The molecule has 1 amide bonds. The summed E-state index contributed by atoms with van der Waals surface area (Å²) in [7, 11) is 0. The maximum atomic E-state index is 12.9. The van der Waals surface area contributed by atoms with Crippen molar-refractivity contribution >= 4 is 11.9 Å². The summed E-state index contributed by atoms with van der Waals surface area (Å²) < 4.78 is 24.1. The molecule has 0 saturated carbocycles. The first kappa shape index (κ1) is 18.6. The predicted molar refractivity (Wildman–Crippen MR) is 90.4 cm³/mol. The number of hydrogen-bond donors (Lipinski definition) is 1. The Balaban J connectivity index is 1.49. The Morgan fingerprint density at radius 1 is 1.27 bits per heavy atom. The van der Waals surface area contributed by atoms with E-state index in [1.807, 2.05) is 9.80 Å². The lowest BCUT2D eigenvalue weighted by molar-refractivity contribution is -0.156. The number of carboxylic acid groups (broad SMARTS) is 1. The zero-order valence-corrected chi connectivity index (χ0v) is 14.5. The molecule has 0 aromatic heterocycles. The molecule has 1 aromatic rings. The van der Waals surface area contributed by atoms with Gasteiger partial charge in [-0.2, -0.15) is 0 Å². The average Bonchev–Trinajstić information content (AvgIpc) is 2.63. The number of carbonyl (C=O) groups is 2. The molecule has 0 spiro atoms. The standard InChI is InChI=1S/C18H23FN2O5/c19-13-1-3-15(4-2-13)25-11-16-9-21(17(22)12-26-16)14-5-7-20(8-6-14)10-18(23)24/h1-4,14,16H,5-12H2,(H,23,24). The molecule has 2 saturated heterocycles. The third-order valence-corrected chi connectivity index (χ3v) is 4.77. The zero-order chi connectivity index (χ0) is 18.5. The van der Waals surface area contributed by atoms with Gasteiger partial charge in [0.2, 0.25) is 5.91 Å². The van der Waals surface area contributed by atoms with Gasteiger partial charge in [-0.1, -0.05) is 0 Å². The van der Waals surface area contributed by atoms with E-state index in [9.17, 15) is 14.0 Å². The number of piperidine rings is 1. The van der Waals surface area contributed by atoms with Crippen LogP contribution in [0.25, 0.3) is 0 Å². The highest BCUT2D eigenvalue weighted by molar-refractivity contribution is 5.78. The average molecular weight is 366 g/mol. The predicted octanol–water partition coefficient (Wildman–Crippen LogP) is 0.981. The number of hydrogen-bond acceptors (Lipinski definition) is 5. The number of nitrogens with zero attached hydrogens (tertiary/aromatic N) is 2. The number of halogens is 1. The highest BCUT2D eigenvalue weighted by Crippen LogP contribution is 2.21. The first-order chi connectivity index (χ1) is 12.5. The number of morpholine rings is 1. The molecular weight excluding hydrogens is 343 g/mol. The molecule has 0 radical (unpaired) electrons. The first-order valence-corrected chi connectivity index (χ1v) is 8.75. The molecule has 1 aromatic carbocycles. The van der Waals surface area contributed by atoms with Crippen LogP contribution in [0.4, 0.5) is 4.39 Å². The molecule has 2 aliphatic rings. The van der Waals surface area contributed by atoms with Gasteiger partial charge in [-0.15, -0.1) is 0 Å². The van der Waals surface area contributed by atoms with Crippen LogP contribution in [0.2, 0.25) is 0 Å². The maximum Gasteiger partial charge on any atom is 0.317 e. The van der Waals surface area contributed by atoms with E-state index in [1.165, 1.54) is 12.1 Å². The van der Waals surface area contributed by atoms with Crippen LogP contribution in [0.3, 0.4) is 0 Å². The lowest BCUT2D eigenvalue weighted by Gasteiger charge is -2.41. The first-order valence-electron chi connectivity index (χ1n) is 8.75. The molecule has 1 N–H and O–H groups in total. The Labute approximate surface area is 151 Å². The van der Waals surface area contributed by atoms with Crippen LogP contribution in [0.5, 0.6) is 5.75 Å². The van der Waals surface area contributed by atoms with Gasteiger partial charge in [0.25, 0.3) is 0 Å². The van der Waals surface area contributed by atoms with E-state index in [1.54, 1.807) is 12.1 Å². The molecule has 2 aliphatic heterocycles. The SMILES string of the molecule is O=C(O)CN1CCC(N2CC(COc3ccc(F)cc3)OCC2=O)CC1. The molecule has 2 fully saturated rings. The molecule has 7 nitrogen and oxygen atoms in total. The van der Waals surface area contributed by atoms with Gasteiger partial charge in [0.1, 0.15) is 30.9 Å². The highest BCUT2D eigenvalue weighted by Gasteiger charge is 2.34. The van der Waals surface area contributed by atoms with Gasteiger partial charge in [-0.3, -0.25) is 14.5 Å². The van der Waals surface area contributed by atoms with Crippen molar-refractivity contribution in [3.05, 3.63) is 30.1 Å². The van der Waals surface area contributed by atoms with Crippen LogP contribution in [0.1, 0.15) is 12.8 Å². The third kappa shape index (κ3) is 4.92. The van der Waals surface area contributed by atoms with Gasteiger partial charge in [0.05, 0.1) is 13.1 Å². The summed E-state index contributed by atoms with van der Waals surface area (Å²) in [4.78, 5) is 26.7. The summed E-state index contributed by atoms with van der Waals surface area (Å²) in [6, 6.07) is 5.87. The smallest absolute Gasteiger partial charge is 0.317 e. The van der Waals surface area contributed by atoms with E-state index in [0.29, 0.717) is 25.4 Å². The second-order valence-corrected chi connectivity index (χ2v) is 6.65. The summed E-state index contributed by atoms with van der Waals surface area (Å²) in [6.07, 6.45) is 1.27. The fourth-order valence-corrected chi connectivity index (χ4v) is 3.40. The van der Waals surface area contributed by atoms with E-state index >= 15 is 0 Å². The van der Waals surface area contributed by atoms with Gasteiger partial charge in [-0.05, 0) is 37.1 Å². The largest absolute Gasteiger partial charge is 0.491 e. The van der Waals surface area contributed by atoms with Crippen molar-refractivity contribution in [2.75, 3.05) is 39.4 Å². The summed E-state index contributed by atoms with van der Waals surface area (Å²) in [6.45, 7) is 2.12. The zero-order valence-electron chi connectivity index (χ0n) is 14.5. The molecular formula is C18H23FN2O5. The van der Waals surface area contributed by atoms with Crippen LogP contribution < -0.4 is 4.74 Å². The van der Waals surface area contributed by atoms with E-state index in [4.69, 9.17) is 14.6 Å². The fourth-order valence-electron chi connectivity index (χ4n) is 3.40. The summed E-state index contributed by atoms with van der Waals surface area (Å²) >= 11 is 0. The number of amides is 1. The van der Waals surface area contributed by atoms with E-state index in [2.05, 4.69) is 0 Å². The number of carboxylic acids is 1. The van der Waals surface area contributed by atoms with Crippen molar-refractivity contribution in [1.82, 2.24) is 9.80 Å². The molecule has 1 unspecified atom stereocenters. The molecule has 2 heterocycles. The fraction of sp³-hybridized carbons (Fsp3) is 0.556. The second-order valence-electron chi connectivity index (χ2n) is 6.65. The van der Waals surface area contributed by atoms with Crippen molar-refractivity contribution in [2.45, 2.75) is 25.0 Å². The minimum absolute atomic E-state index is 0.0206. The highest BCUT2D eigenvalue weighted by atomic mass is 19.1. The Morgan fingerprint density at radius 3 is 2.62 bits per heavy atom. The van der Waals surface area contributed by atoms with Crippen LogP contribution in [-0.4, -0.2) is 78.3 Å². The number of ether oxygens (including phenoxy) is 2. The van der Waals surface area contributed by atoms with Gasteiger partial charge in [0.15, 0.2) is 0 Å². The van der Waals surface area contributed by atoms with Gasteiger partial charge in [-0.25, -0.2) is 4.39 Å². The minimum atomic E-state index is -0.830. The van der Waals surface area contributed by atoms with Crippen LogP contribution in [0.15, 0.2) is 24.3 Å². The third-order valence-electron chi connectivity index (χ3n) is 4.77. The quantitative estimate of drug-likeness (QED) is 0.809. The molecule has 142 valence electrons. The molecule has 1 atom stereocenters. The van der Waals surface area contributed by atoms with Crippen LogP contribution in [-0.2, 0) is 14.3 Å². The molecule has 0 bridgehead atoms. The Bertz CT molecular complexity index is 631. The molecule has 0 aliphatic carbocycles. The van der Waals surface area contributed by atoms with Crippen molar-refractivity contribution < 1.29 is 28.6 Å². The molecule has 26 heavy (non-hydrogen) atoms. The number of benzene rings is 1. The Morgan fingerprint density at radius 2 is 1.96 bits per heavy atom. The summed E-state index contributed by atoms with van der Waals surface area (Å²) in [5, 5.41) is 8.87. The number of likely N-dealkylation sites (tertiary alicyclic amines) is 1. The molecule has 3 rings (SSSR count). The second kappa shape index (κ2) is 8.46. The maximum absolute atomic E-state index is 12.9. The summed E-state index contributed by atoms with van der Waals surface area (Å²) in [5.74, 6) is -0.638. The van der Waals surface area contributed by atoms with Gasteiger partial charge >= 0.3 is 5.97 Å². The Hall–Kier alpha value is -2.19. The van der Waals surface area contributed by atoms with Gasteiger partial charge in [0, 0.05) is 19.1 Å². The number of rotatable bonds is 6. The Kier molecular flexibility index (Phi) is 6.05.